The monoisotopic (exact) mass is 582 g/mol. The van der Waals surface area contributed by atoms with Crippen molar-refractivity contribution in [3.8, 4) is 5.75 Å². The first kappa shape index (κ1) is 25.1. The van der Waals surface area contributed by atoms with Gasteiger partial charge in [0.15, 0.2) is 5.75 Å². The van der Waals surface area contributed by atoms with Crippen molar-refractivity contribution in [3.05, 3.63) is 66.9 Å². The molecule has 0 aromatic heterocycles. The van der Waals surface area contributed by atoms with Gasteiger partial charge in [0, 0.05) is 18.1 Å². The largest absolute Gasteiger partial charge is 0.486 e. The third kappa shape index (κ3) is 5.97. The van der Waals surface area contributed by atoms with Crippen molar-refractivity contribution in [1.82, 2.24) is 9.80 Å². The predicted octanol–water partition coefficient (Wildman–Crippen LogP) is 6.38. The fraction of sp³-hybridized carbons (Fsp3) is 0.292. The van der Waals surface area contributed by atoms with Crippen LogP contribution in [0.1, 0.15) is 30.4 Å². The SMILES string of the molecule is O=C(CN1C(=O)S/C(=C\c2cc(Cl)c(OCc3ccc(Cl)cc3)c(Br)c2)C1=O)N1CCCCC1. The van der Waals surface area contributed by atoms with Crippen LogP contribution in [-0.2, 0) is 16.2 Å². The highest BCUT2D eigenvalue weighted by Crippen LogP contribution is 2.38. The lowest BCUT2D eigenvalue weighted by Crippen LogP contribution is -2.44. The number of rotatable bonds is 6. The number of thioether (sulfide) groups is 1. The number of carbonyl (C=O) groups is 3. The zero-order valence-corrected chi connectivity index (χ0v) is 22.0. The molecule has 2 aromatic rings. The fourth-order valence-electron chi connectivity index (χ4n) is 3.70. The first-order chi connectivity index (χ1) is 16.3. The van der Waals surface area contributed by atoms with Gasteiger partial charge >= 0.3 is 0 Å². The molecular formula is C24H21BrCl2N2O4S. The molecular weight excluding hydrogens is 563 g/mol. The molecule has 0 spiro atoms. The maximum absolute atomic E-state index is 12.8. The molecule has 0 radical (unpaired) electrons. The normalized spacial score (nSPS) is 17.6. The van der Waals surface area contributed by atoms with Gasteiger partial charge in [-0.1, -0.05) is 35.3 Å². The lowest BCUT2D eigenvalue weighted by molar-refractivity contribution is -0.136. The zero-order chi connectivity index (χ0) is 24.2. The molecule has 2 fully saturated rings. The van der Waals surface area contributed by atoms with Crippen molar-refractivity contribution in [1.29, 1.82) is 0 Å². The highest BCUT2D eigenvalue weighted by atomic mass is 79.9. The Balaban J connectivity index is 1.44. The summed E-state index contributed by atoms with van der Waals surface area (Å²) < 4.78 is 6.47. The molecule has 0 atom stereocenters. The molecule has 2 heterocycles. The van der Waals surface area contributed by atoms with Gasteiger partial charge in [-0.2, -0.15) is 0 Å². The second-order valence-electron chi connectivity index (χ2n) is 7.94. The summed E-state index contributed by atoms with van der Waals surface area (Å²) in [5.41, 5.74) is 1.56. The van der Waals surface area contributed by atoms with Crippen LogP contribution in [0.4, 0.5) is 4.79 Å². The van der Waals surface area contributed by atoms with Crippen LogP contribution >= 0.6 is 50.9 Å². The van der Waals surface area contributed by atoms with Gasteiger partial charge in [-0.25, -0.2) is 0 Å². The number of imide groups is 1. The van der Waals surface area contributed by atoms with E-state index in [4.69, 9.17) is 27.9 Å². The van der Waals surface area contributed by atoms with Crippen LogP contribution in [-0.4, -0.2) is 46.5 Å². The summed E-state index contributed by atoms with van der Waals surface area (Å²) >= 11 is 16.6. The van der Waals surface area contributed by atoms with E-state index >= 15 is 0 Å². The molecule has 2 aromatic carbocycles. The summed E-state index contributed by atoms with van der Waals surface area (Å²) in [6.07, 6.45) is 4.58. The summed E-state index contributed by atoms with van der Waals surface area (Å²) in [6.45, 7) is 1.41. The van der Waals surface area contributed by atoms with Gasteiger partial charge < -0.3 is 9.64 Å². The Morgan fingerprint density at radius 1 is 1.09 bits per heavy atom. The van der Waals surface area contributed by atoms with Crippen LogP contribution in [0.25, 0.3) is 6.08 Å². The third-order valence-corrected chi connectivity index (χ3v) is 7.52. The minimum Gasteiger partial charge on any atom is -0.486 e. The van der Waals surface area contributed by atoms with Crippen LogP contribution in [0.5, 0.6) is 5.75 Å². The van der Waals surface area contributed by atoms with Crippen LogP contribution in [0.2, 0.25) is 10.0 Å². The summed E-state index contributed by atoms with van der Waals surface area (Å²) in [6, 6.07) is 10.7. The molecule has 0 aliphatic carbocycles. The topological polar surface area (TPSA) is 66.9 Å². The molecule has 3 amide bonds. The van der Waals surface area contributed by atoms with E-state index in [1.807, 2.05) is 12.1 Å². The highest BCUT2D eigenvalue weighted by Gasteiger charge is 2.37. The van der Waals surface area contributed by atoms with Crippen molar-refractivity contribution in [2.45, 2.75) is 25.9 Å². The van der Waals surface area contributed by atoms with E-state index in [2.05, 4.69) is 15.9 Å². The molecule has 0 bridgehead atoms. The van der Waals surface area contributed by atoms with Crippen molar-refractivity contribution in [2.75, 3.05) is 19.6 Å². The summed E-state index contributed by atoms with van der Waals surface area (Å²) in [4.78, 5) is 40.7. The Hall–Kier alpha value is -2.00. The Morgan fingerprint density at radius 3 is 2.47 bits per heavy atom. The number of hydrogen-bond acceptors (Lipinski definition) is 5. The molecule has 4 rings (SSSR count). The van der Waals surface area contributed by atoms with Crippen molar-refractivity contribution in [2.24, 2.45) is 0 Å². The molecule has 0 saturated carbocycles. The van der Waals surface area contributed by atoms with Gasteiger partial charge in [-0.15, -0.1) is 0 Å². The number of piperidine rings is 1. The smallest absolute Gasteiger partial charge is 0.294 e. The number of amides is 3. The Labute approximate surface area is 220 Å². The molecule has 0 N–H and O–H groups in total. The molecule has 178 valence electrons. The Bertz CT molecular complexity index is 1130. The molecule has 6 nitrogen and oxygen atoms in total. The molecule has 34 heavy (non-hydrogen) atoms. The third-order valence-electron chi connectivity index (χ3n) is 5.49. The molecule has 2 saturated heterocycles. The Morgan fingerprint density at radius 2 is 1.79 bits per heavy atom. The van der Waals surface area contributed by atoms with Gasteiger partial charge in [0.2, 0.25) is 5.91 Å². The average Bonchev–Trinajstić information content (AvgIpc) is 3.07. The van der Waals surface area contributed by atoms with Gasteiger partial charge in [0.25, 0.3) is 11.1 Å². The number of halogens is 3. The van der Waals surface area contributed by atoms with E-state index < -0.39 is 11.1 Å². The average molecular weight is 584 g/mol. The zero-order valence-electron chi connectivity index (χ0n) is 18.1. The predicted molar refractivity (Wildman–Crippen MR) is 138 cm³/mol. The summed E-state index contributed by atoms with van der Waals surface area (Å²) in [5, 5.41) is 0.552. The lowest BCUT2D eigenvalue weighted by Gasteiger charge is -2.27. The minimum atomic E-state index is -0.476. The maximum atomic E-state index is 12.8. The molecule has 2 aliphatic rings. The molecule has 2 aliphatic heterocycles. The lowest BCUT2D eigenvalue weighted by atomic mass is 10.1. The second-order valence-corrected chi connectivity index (χ2v) is 10.6. The van der Waals surface area contributed by atoms with E-state index in [1.165, 1.54) is 0 Å². The maximum Gasteiger partial charge on any atom is 0.294 e. The Kier molecular flexibility index (Phi) is 8.24. The van der Waals surface area contributed by atoms with Crippen molar-refractivity contribution < 1.29 is 19.1 Å². The fourth-order valence-corrected chi connectivity index (χ4v) is 5.66. The van der Waals surface area contributed by atoms with Crippen LogP contribution < -0.4 is 4.74 Å². The number of carbonyl (C=O) groups excluding carboxylic acids is 3. The first-order valence-electron chi connectivity index (χ1n) is 10.7. The second kappa shape index (κ2) is 11.2. The number of ether oxygens (including phenoxy) is 1. The van der Waals surface area contributed by atoms with Crippen LogP contribution in [0.15, 0.2) is 45.8 Å². The van der Waals surface area contributed by atoms with Crippen LogP contribution in [0.3, 0.4) is 0 Å². The van der Waals surface area contributed by atoms with E-state index in [1.54, 1.807) is 35.2 Å². The molecule has 10 heteroatoms. The summed E-state index contributed by atoms with van der Waals surface area (Å²) in [5.74, 6) is -0.208. The quantitative estimate of drug-likeness (QED) is 0.369. The van der Waals surface area contributed by atoms with E-state index in [0.29, 0.717) is 45.5 Å². The van der Waals surface area contributed by atoms with Crippen LogP contribution in [0, 0.1) is 0 Å². The number of hydrogen-bond donors (Lipinski definition) is 0. The number of benzene rings is 2. The number of nitrogens with zero attached hydrogens (tertiary/aromatic N) is 2. The van der Waals surface area contributed by atoms with Crippen molar-refractivity contribution in [3.63, 3.8) is 0 Å². The van der Waals surface area contributed by atoms with E-state index in [0.717, 1.165) is 41.5 Å². The van der Waals surface area contributed by atoms with Gasteiger partial charge in [-0.3, -0.25) is 19.3 Å². The van der Waals surface area contributed by atoms with Gasteiger partial charge in [-0.05, 0) is 88.4 Å². The van der Waals surface area contributed by atoms with Crippen molar-refractivity contribution >= 4 is 74.0 Å². The number of likely N-dealkylation sites (tertiary alicyclic amines) is 1. The standard InChI is InChI=1S/C24H21BrCl2N2O4S/c25-18-10-16(11-19(27)22(18)33-14-15-4-6-17(26)7-5-15)12-20-23(31)29(24(32)34-20)13-21(30)28-8-2-1-3-9-28/h4-7,10-12H,1-3,8-9,13-14H2/b20-12-. The van der Waals surface area contributed by atoms with E-state index in [-0.39, 0.29) is 17.4 Å². The first-order valence-corrected chi connectivity index (χ1v) is 13.1. The minimum absolute atomic E-state index is 0.198. The highest BCUT2D eigenvalue weighted by molar-refractivity contribution is 9.10. The van der Waals surface area contributed by atoms with E-state index in [9.17, 15) is 14.4 Å². The summed E-state index contributed by atoms with van der Waals surface area (Å²) in [7, 11) is 0. The molecule has 0 unspecified atom stereocenters. The van der Waals surface area contributed by atoms with Gasteiger partial charge in [0.05, 0.1) is 14.4 Å². The van der Waals surface area contributed by atoms with Gasteiger partial charge in [0.1, 0.15) is 13.2 Å².